The fourth-order valence-corrected chi connectivity index (χ4v) is 5.01. The quantitative estimate of drug-likeness (QED) is 0.432. The van der Waals surface area contributed by atoms with E-state index in [1.165, 1.54) is 23.6 Å². The number of sulfone groups is 1. The molecule has 2 aromatic carbocycles. The molecule has 3 heterocycles. The lowest BCUT2D eigenvalue weighted by molar-refractivity contribution is 0.102. The summed E-state index contributed by atoms with van der Waals surface area (Å²) in [5, 5.41) is 8.54. The number of amides is 1. The van der Waals surface area contributed by atoms with Gasteiger partial charge in [0.05, 0.1) is 38.1 Å². The molecule has 0 aliphatic heterocycles. The molecule has 8 nitrogen and oxygen atoms in total. The molecule has 10 heteroatoms. The standard InChI is InChI=1S/C22H17N5O3S2/c1-13-16(12-23-27(13)20-10-7-14-5-3-4-6-17(14)24-20)21(28)26-22-25-18-9-8-15(32(2,29)30)11-19(18)31-22/h3-12H,1-2H3,(H,25,26,28). The second kappa shape index (κ2) is 7.50. The van der Waals surface area contributed by atoms with E-state index in [0.29, 0.717) is 32.4 Å². The number of aromatic nitrogens is 4. The maximum Gasteiger partial charge on any atom is 0.260 e. The zero-order chi connectivity index (χ0) is 22.5. The highest BCUT2D eigenvalue weighted by atomic mass is 32.2. The van der Waals surface area contributed by atoms with E-state index in [9.17, 15) is 13.2 Å². The van der Waals surface area contributed by atoms with E-state index in [4.69, 9.17) is 0 Å². The van der Waals surface area contributed by atoms with E-state index in [1.54, 1.807) is 23.7 Å². The SMILES string of the molecule is Cc1c(C(=O)Nc2nc3ccc(S(C)(=O)=O)cc3s2)cnn1-c1ccc2ccccc2n1. The number of anilines is 1. The summed E-state index contributed by atoms with van der Waals surface area (Å²) in [4.78, 5) is 22.1. The molecule has 1 N–H and O–H groups in total. The summed E-state index contributed by atoms with van der Waals surface area (Å²) in [6.07, 6.45) is 2.65. The van der Waals surface area contributed by atoms with E-state index in [1.807, 2.05) is 36.4 Å². The van der Waals surface area contributed by atoms with Gasteiger partial charge in [-0.05, 0) is 43.3 Å². The highest BCUT2D eigenvalue weighted by molar-refractivity contribution is 7.90. The Morgan fingerprint density at radius 1 is 1.03 bits per heavy atom. The number of hydrogen-bond acceptors (Lipinski definition) is 7. The number of nitrogens with one attached hydrogen (secondary N) is 1. The van der Waals surface area contributed by atoms with Crippen molar-refractivity contribution < 1.29 is 13.2 Å². The summed E-state index contributed by atoms with van der Waals surface area (Å²) in [5.41, 5.74) is 2.50. The highest BCUT2D eigenvalue weighted by Gasteiger charge is 2.18. The molecule has 3 aromatic heterocycles. The Kier molecular flexibility index (Phi) is 4.75. The van der Waals surface area contributed by atoms with Gasteiger partial charge in [-0.3, -0.25) is 10.1 Å². The van der Waals surface area contributed by atoms with Crippen molar-refractivity contribution in [2.75, 3.05) is 11.6 Å². The van der Waals surface area contributed by atoms with Crippen molar-refractivity contribution in [3.63, 3.8) is 0 Å². The van der Waals surface area contributed by atoms with Gasteiger partial charge in [0.25, 0.3) is 5.91 Å². The molecule has 160 valence electrons. The Morgan fingerprint density at radius 2 is 1.84 bits per heavy atom. The lowest BCUT2D eigenvalue weighted by atomic mass is 10.2. The minimum atomic E-state index is -3.32. The van der Waals surface area contributed by atoms with E-state index in [-0.39, 0.29) is 10.8 Å². The van der Waals surface area contributed by atoms with Crippen LogP contribution in [0.3, 0.4) is 0 Å². The van der Waals surface area contributed by atoms with Crippen molar-refractivity contribution in [1.29, 1.82) is 0 Å². The predicted octanol–water partition coefficient (Wildman–Crippen LogP) is 3.99. The number of para-hydroxylation sites is 1. The van der Waals surface area contributed by atoms with E-state index in [2.05, 4.69) is 20.4 Å². The van der Waals surface area contributed by atoms with Crippen LogP contribution >= 0.6 is 11.3 Å². The van der Waals surface area contributed by atoms with Gasteiger partial charge in [-0.1, -0.05) is 29.5 Å². The topological polar surface area (TPSA) is 107 Å². The zero-order valence-electron chi connectivity index (χ0n) is 17.1. The zero-order valence-corrected chi connectivity index (χ0v) is 18.7. The van der Waals surface area contributed by atoms with Crippen LogP contribution in [0.4, 0.5) is 5.13 Å². The lowest BCUT2D eigenvalue weighted by Crippen LogP contribution is -2.13. The van der Waals surface area contributed by atoms with Crippen molar-refractivity contribution in [2.45, 2.75) is 11.8 Å². The van der Waals surface area contributed by atoms with Gasteiger partial charge < -0.3 is 0 Å². The van der Waals surface area contributed by atoms with Crippen molar-refractivity contribution >= 4 is 53.3 Å². The first kappa shape index (κ1) is 20.3. The van der Waals surface area contributed by atoms with Crippen LogP contribution in [0.5, 0.6) is 0 Å². The van der Waals surface area contributed by atoms with Gasteiger partial charge in [0, 0.05) is 11.6 Å². The van der Waals surface area contributed by atoms with E-state index < -0.39 is 9.84 Å². The average Bonchev–Trinajstić information content (AvgIpc) is 3.34. The molecule has 5 aromatic rings. The predicted molar refractivity (Wildman–Crippen MR) is 124 cm³/mol. The molecule has 0 aliphatic rings. The molecule has 0 radical (unpaired) electrons. The number of thiazole rings is 1. The molecule has 0 aliphatic carbocycles. The number of carbonyl (C=O) groups is 1. The third kappa shape index (κ3) is 3.63. The Balaban J connectivity index is 1.43. The smallest absolute Gasteiger partial charge is 0.260 e. The van der Waals surface area contributed by atoms with Crippen molar-refractivity contribution in [2.24, 2.45) is 0 Å². The molecular formula is C22H17N5O3S2. The summed E-state index contributed by atoms with van der Waals surface area (Å²) in [5.74, 6) is 0.269. The monoisotopic (exact) mass is 463 g/mol. The number of nitrogens with zero attached hydrogens (tertiary/aromatic N) is 4. The van der Waals surface area contributed by atoms with Gasteiger partial charge in [0.1, 0.15) is 0 Å². The van der Waals surface area contributed by atoms with Crippen LogP contribution in [0, 0.1) is 6.92 Å². The Morgan fingerprint density at radius 3 is 2.66 bits per heavy atom. The molecule has 0 saturated carbocycles. The summed E-state index contributed by atoms with van der Waals surface area (Å²) in [6.45, 7) is 1.80. The normalized spacial score (nSPS) is 11.8. The number of rotatable bonds is 4. The van der Waals surface area contributed by atoms with Gasteiger partial charge in [-0.15, -0.1) is 0 Å². The lowest BCUT2D eigenvalue weighted by Gasteiger charge is -2.06. The van der Waals surface area contributed by atoms with Crippen LogP contribution in [0.1, 0.15) is 16.1 Å². The number of hydrogen-bond donors (Lipinski definition) is 1. The van der Waals surface area contributed by atoms with E-state index in [0.717, 1.165) is 17.2 Å². The molecule has 0 atom stereocenters. The van der Waals surface area contributed by atoms with Crippen LogP contribution in [-0.4, -0.2) is 40.3 Å². The molecule has 0 bridgehead atoms. The fraction of sp³-hybridized carbons (Fsp3) is 0.0909. The molecule has 0 unspecified atom stereocenters. The van der Waals surface area contributed by atoms with Crippen molar-refractivity contribution in [3.8, 4) is 5.82 Å². The second-order valence-electron chi connectivity index (χ2n) is 7.29. The molecule has 5 rings (SSSR count). The summed E-state index contributed by atoms with van der Waals surface area (Å²) in [7, 11) is -3.32. The molecular weight excluding hydrogens is 446 g/mol. The molecule has 0 spiro atoms. The Labute approximate surface area is 187 Å². The Hall–Kier alpha value is -3.63. The first-order chi connectivity index (χ1) is 15.3. The largest absolute Gasteiger partial charge is 0.298 e. The molecule has 0 fully saturated rings. The van der Waals surface area contributed by atoms with Crippen LogP contribution in [0.15, 0.2) is 65.7 Å². The van der Waals surface area contributed by atoms with Gasteiger partial charge in [0.15, 0.2) is 20.8 Å². The first-order valence-corrected chi connectivity index (χ1v) is 12.3. The highest BCUT2D eigenvalue weighted by Crippen LogP contribution is 2.29. The van der Waals surface area contributed by atoms with Crippen LogP contribution in [-0.2, 0) is 9.84 Å². The van der Waals surface area contributed by atoms with Crippen LogP contribution in [0.25, 0.3) is 26.9 Å². The average molecular weight is 464 g/mol. The fourth-order valence-electron chi connectivity index (χ4n) is 3.39. The van der Waals surface area contributed by atoms with Crippen LogP contribution in [0.2, 0.25) is 0 Å². The molecule has 0 saturated heterocycles. The van der Waals surface area contributed by atoms with Crippen molar-refractivity contribution in [1.82, 2.24) is 19.7 Å². The third-order valence-electron chi connectivity index (χ3n) is 5.06. The second-order valence-corrected chi connectivity index (χ2v) is 10.3. The first-order valence-electron chi connectivity index (χ1n) is 9.62. The maximum atomic E-state index is 12.9. The molecule has 1 amide bonds. The summed E-state index contributed by atoms with van der Waals surface area (Å²) < 4.78 is 25.9. The van der Waals surface area contributed by atoms with Gasteiger partial charge in [-0.2, -0.15) is 5.10 Å². The van der Waals surface area contributed by atoms with Gasteiger partial charge >= 0.3 is 0 Å². The van der Waals surface area contributed by atoms with Crippen LogP contribution < -0.4 is 5.32 Å². The minimum absolute atomic E-state index is 0.214. The third-order valence-corrected chi connectivity index (χ3v) is 7.11. The molecule has 32 heavy (non-hydrogen) atoms. The maximum absolute atomic E-state index is 12.9. The summed E-state index contributed by atoms with van der Waals surface area (Å²) in [6, 6.07) is 16.3. The number of fused-ring (bicyclic) bond motifs is 2. The number of carbonyl (C=O) groups excluding carboxylic acids is 1. The summed E-state index contributed by atoms with van der Waals surface area (Å²) >= 11 is 1.21. The number of pyridine rings is 1. The van der Waals surface area contributed by atoms with E-state index >= 15 is 0 Å². The Bertz CT molecular complexity index is 1620. The van der Waals surface area contributed by atoms with Gasteiger partial charge in [-0.25, -0.2) is 23.1 Å². The number of benzene rings is 2. The van der Waals surface area contributed by atoms with Crippen molar-refractivity contribution in [3.05, 3.63) is 72.1 Å². The minimum Gasteiger partial charge on any atom is -0.298 e. The van der Waals surface area contributed by atoms with Gasteiger partial charge in [0.2, 0.25) is 0 Å².